The van der Waals surface area contributed by atoms with Crippen LogP contribution in [0.1, 0.15) is 89.8 Å². The number of carbonyl (C=O) groups is 1. The van der Waals surface area contributed by atoms with Gasteiger partial charge in [-0.05, 0) is 52.1 Å². The summed E-state index contributed by atoms with van der Waals surface area (Å²) >= 11 is 6.82. The molecule has 0 spiro atoms. The Kier molecular flexibility index (Phi) is 9.61. The molecule has 11 nitrogen and oxygen atoms in total. The number of alkyl halides is 3. The van der Waals surface area contributed by atoms with Crippen LogP contribution in [0.4, 0.5) is 29.1 Å². The van der Waals surface area contributed by atoms with E-state index in [2.05, 4.69) is 28.4 Å². The van der Waals surface area contributed by atoms with E-state index in [1.807, 2.05) is 11.8 Å². The Hall–Kier alpha value is -4.39. The molecule has 2 aromatic heterocycles. The number of anilines is 2. The first-order chi connectivity index (χ1) is 25.1. The van der Waals surface area contributed by atoms with Gasteiger partial charge in [-0.3, -0.25) is 14.4 Å². The molecule has 0 bridgehead atoms. The van der Waals surface area contributed by atoms with Gasteiger partial charge in [0, 0.05) is 56.3 Å². The molecule has 16 heteroatoms. The van der Waals surface area contributed by atoms with E-state index in [9.17, 15) is 18.0 Å². The Morgan fingerprint density at radius 1 is 1.26 bits per heavy atom. The summed E-state index contributed by atoms with van der Waals surface area (Å²) in [6.07, 6.45) is -3.26. The number of aromatic nitrogens is 4. The summed E-state index contributed by atoms with van der Waals surface area (Å²) in [5, 5.41) is 4.77. The summed E-state index contributed by atoms with van der Waals surface area (Å²) in [7, 11) is 3.24. The zero-order valence-electron chi connectivity index (χ0n) is 30.0. The number of hydrogen-bond donors (Lipinski definition) is 1. The molecule has 3 aromatic rings. The van der Waals surface area contributed by atoms with Gasteiger partial charge in [0.2, 0.25) is 0 Å². The van der Waals surface area contributed by atoms with Gasteiger partial charge in [-0.15, -0.1) is 5.92 Å². The number of aryl methyl sites for hydroxylation is 1. The number of nitrogen functional groups attached to an aromatic ring is 1. The standard InChI is InChI=1S/C37H41ClF4N8O3/c1-6-8-22-13-24(43)31(39)28(29(22)37(40,41)42)27-14-25-23(18-52-27)33(45-35(44-25)53-19-36-10-7-11-48(36)16-20(2)15-36)49-17-26-30(38)32(34(51)47(4)5)46-50(26)12-9-21(49)3/h13,21,27H,2,7,9-12,14-19,43H2,1,3-5H3/t21-,27+,36+/m0/s1. The lowest BCUT2D eigenvalue weighted by atomic mass is 9.90. The van der Waals surface area contributed by atoms with Crippen molar-refractivity contribution in [1.29, 1.82) is 0 Å². The van der Waals surface area contributed by atoms with E-state index in [1.54, 1.807) is 18.8 Å². The Balaban J connectivity index is 1.32. The molecule has 7 rings (SSSR count). The molecule has 0 unspecified atom stereocenters. The van der Waals surface area contributed by atoms with Crippen molar-refractivity contribution in [2.24, 2.45) is 0 Å². The Morgan fingerprint density at radius 3 is 2.75 bits per heavy atom. The van der Waals surface area contributed by atoms with E-state index in [0.717, 1.165) is 44.0 Å². The minimum absolute atomic E-state index is 0.0410. The molecule has 0 saturated carbocycles. The number of benzene rings is 1. The first-order valence-corrected chi connectivity index (χ1v) is 17.9. The number of halogens is 5. The molecule has 2 saturated heterocycles. The van der Waals surface area contributed by atoms with Crippen molar-refractivity contribution >= 4 is 29.0 Å². The lowest BCUT2D eigenvalue weighted by molar-refractivity contribution is -0.140. The largest absolute Gasteiger partial charge is 0.461 e. The van der Waals surface area contributed by atoms with Crippen molar-refractivity contribution in [2.75, 3.05) is 44.4 Å². The van der Waals surface area contributed by atoms with E-state index in [1.165, 1.54) is 11.8 Å². The van der Waals surface area contributed by atoms with Gasteiger partial charge in [0.1, 0.15) is 12.4 Å². The maximum Gasteiger partial charge on any atom is 0.418 e. The number of nitrogens with zero attached hydrogens (tertiary/aromatic N) is 7. The third kappa shape index (κ3) is 6.59. The van der Waals surface area contributed by atoms with Crippen LogP contribution < -0.4 is 15.4 Å². The fraction of sp³-hybridized carbons (Fsp3) is 0.514. The summed E-state index contributed by atoms with van der Waals surface area (Å²) in [5.41, 5.74) is 5.55. The summed E-state index contributed by atoms with van der Waals surface area (Å²) in [6.45, 7) is 10.1. The van der Waals surface area contributed by atoms with E-state index in [4.69, 9.17) is 36.8 Å². The minimum atomic E-state index is -4.95. The summed E-state index contributed by atoms with van der Waals surface area (Å²) in [4.78, 5) is 28.4. The van der Waals surface area contributed by atoms with E-state index in [-0.39, 0.29) is 60.4 Å². The zero-order chi connectivity index (χ0) is 38.0. The topological polar surface area (TPSA) is 115 Å². The molecule has 2 fully saturated rings. The smallest absolute Gasteiger partial charge is 0.418 e. The maximum atomic E-state index is 15.8. The molecular weight excluding hydrogens is 716 g/mol. The number of fused-ring (bicyclic) bond motifs is 3. The van der Waals surface area contributed by atoms with E-state index < -0.39 is 40.5 Å². The van der Waals surface area contributed by atoms with Gasteiger partial charge in [0.25, 0.3) is 5.91 Å². The summed E-state index contributed by atoms with van der Waals surface area (Å²) < 4.78 is 74.0. The van der Waals surface area contributed by atoms with Crippen LogP contribution in [0.5, 0.6) is 6.01 Å². The van der Waals surface area contributed by atoms with Crippen LogP contribution in [0.25, 0.3) is 0 Å². The van der Waals surface area contributed by atoms with Crippen molar-refractivity contribution in [2.45, 2.75) is 89.5 Å². The highest BCUT2D eigenvalue weighted by Gasteiger charge is 2.47. The van der Waals surface area contributed by atoms with Crippen LogP contribution in [-0.2, 0) is 37.0 Å². The molecule has 0 radical (unpaired) electrons. The van der Waals surface area contributed by atoms with Gasteiger partial charge in [0.15, 0.2) is 11.5 Å². The van der Waals surface area contributed by atoms with Crippen molar-refractivity contribution in [3.63, 3.8) is 0 Å². The Bertz CT molecular complexity index is 2060. The predicted octanol–water partition coefficient (Wildman–Crippen LogP) is 5.93. The van der Waals surface area contributed by atoms with Crippen LogP contribution in [0, 0.1) is 17.7 Å². The van der Waals surface area contributed by atoms with Crippen LogP contribution in [-0.4, -0.2) is 80.8 Å². The molecular formula is C37H41ClF4N8O3. The number of ether oxygens (including phenoxy) is 2. The van der Waals surface area contributed by atoms with Crippen molar-refractivity contribution < 1.29 is 31.8 Å². The molecule has 2 N–H and O–H groups in total. The first kappa shape index (κ1) is 36.9. The third-order valence-corrected chi connectivity index (χ3v) is 11.1. The van der Waals surface area contributed by atoms with Gasteiger partial charge in [-0.1, -0.05) is 29.7 Å². The number of hydrogen-bond acceptors (Lipinski definition) is 9. The van der Waals surface area contributed by atoms with E-state index in [0.29, 0.717) is 35.7 Å². The van der Waals surface area contributed by atoms with Gasteiger partial charge >= 0.3 is 12.2 Å². The second-order valence-electron chi connectivity index (χ2n) is 14.5. The monoisotopic (exact) mass is 756 g/mol. The zero-order valence-corrected chi connectivity index (χ0v) is 30.8. The SMILES string of the molecule is C=C1CN2CCC[C@]2(COc2nc3c(c(N4Cc5c(Cl)c(C(=O)N(C)C)nn5CC[C@@H]4C)n2)CO[C@@H](c2c(F)c(N)cc(C#CC)c2C(F)(F)F)C3)C1. The first-order valence-electron chi connectivity index (χ1n) is 17.5. The molecule has 1 aromatic carbocycles. The lowest BCUT2D eigenvalue weighted by Crippen LogP contribution is -2.43. The average Bonchev–Trinajstić information content (AvgIpc) is 3.69. The average molecular weight is 757 g/mol. The Labute approximate surface area is 310 Å². The van der Waals surface area contributed by atoms with Crippen LogP contribution in [0.3, 0.4) is 0 Å². The third-order valence-electron chi connectivity index (χ3n) is 10.7. The highest BCUT2D eigenvalue weighted by molar-refractivity contribution is 6.34. The highest BCUT2D eigenvalue weighted by atomic mass is 35.5. The number of carbonyl (C=O) groups excluding carboxylic acids is 1. The number of amides is 1. The van der Waals surface area contributed by atoms with Gasteiger partial charge in [0.05, 0.1) is 52.5 Å². The van der Waals surface area contributed by atoms with Gasteiger partial charge in [-0.25, -0.2) is 4.39 Å². The molecule has 4 aliphatic heterocycles. The molecule has 0 aliphatic carbocycles. The van der Waals surface area contributed by atoms with Gasteiger partial charge < -0.3 is 25.0 Å². The predicted molar refractivity (Wildman–Crippen MR) is 190 cm³/mol. The van der Waals surface area contributed by atoms with Gasteiger partial charge in [-0.2, -0.15) is 28.2 Å². The molecule has 282 valence electrons. The summed E-state index contributed by atoms with van der Waals surface area (Å²) in [5.74, 6) is 3.80. The number of nitrogens with two attached hydrogens (primary N) is 1. The number of rotatable bonds is 6. The minimum Gasteiger partial charge on any atom is -0.461 e. The second-order valence-corrected chi connectivity index (χ2v) is 14.9. The van der Waals surface area contributed by atoms with Crippen molar-refractivity contribution in [3.05, 3.63) is 68.4 Å². The maximum absolute atomic E-state index is 15.8. The molecule has 3 atom stereocenters. The van der Waals surface area contributed by atoms with E-state index >= 15 is 4.39 Å². The second kappa shape index (κ2) is 13.8. The molecule has 1 amide bonds. The summed E-state index contributed by atoms with van der Waals surface area (Å²) in [6, 6.07) is 0.809. The molecule has 6 heterocycles. The Morgan fingerprint density at radius 2 is 2.04 bits per heavy atom. The molecule has 4 aliphatic rings. The quantitative estimate of drug-likeness (QED) is 0.142. The fourth-order valence-electron chi connectivity index (χ4n) is 8.13. The van der Waals surface area contributed by atoms with Crippen LogP contribution in [0.15, 0.2) is 18.2 Å². The normalized spacial score (nSPS) is 22.8. The van der Waals surface area contributed by atoms with Crippen molar-refractivity contribution in [1.82, 2.24) is 29.5 Å². The highest BCUT2D eigenvalue weighted by Crippen LogP contribution is 2.46. The van der Waals surface area contributed by atoms with Crippen LogP contribution >= 0.6 is 11.6 Å². The van der Waals surface area contributed by atoms with Crippen LogP contribution in [0.2, 0.25) is 5.02 Å². The fourth-order valence-corrected chi connectivity index (χ4v) is 8.41. The molecule has 53 heavy (non-hydrogen) atoms. The van der Waals surface area contributed by atoms with Crippen molar-refractivity contribution in [3.8, 4) is 17.9 Å². The lowest BCUT2D eigenvalue weighted by Gasteiger charge is -2.35.